The topological polar surface area (TPSA) is 85.1 Å². The van der Waals surface area contributed by atoms with Crippen LogP contribution in [0.15, 0.2) is 6.07 Å². The average molecular weight is 265 g/mol. The van der Waals surface area contributed by atoms with Crippen molar-refractivity contribution in [1.29, 1.82) is 0 Å². The summed E-state index contributed by atoms with van der Waals surface area (Å²) in [5.74, 6) is 8.31. The van der Waals surface area contributed by atoms with Crippen LogP contribution in [0.4, 0.5) is 11.6 Å². The summed E-state index contributed by atoms with van der Waals surface area (Å²) in [7, 11) is 1.62. The van der Waals surface area contributed by atoms with E-state index in [4.69, 9.17) is 10.6 Å². The van der Waals surface area contributed by atoms with E-state index in [1.807, 2.05) is 6.07 Å². The molecule has 1 fully saturated rings. The van der Waals surface area contributed by atoms with Crippen LogP contribution < -0.4 is 16.6 Å². The first-order chi connectivity index (χ1) is 9.31. The predicted octanol–water partition coefficient (Wildman–Crippen LogP) is 1.90. The maximum absolute atomic E-state index is 5.40. The number of nitrogens with one attached hydrogen (secondary N) is 2. The van der Waals surface area contributed by atoms with E-state index in [1.165, 1.54) is 32.1 Å². The summed E-state index contributed by atoms with van der Waals surface area (Å²) in [6.07, 6.45) is 6.72. The molecular weight excluding hydrogens is 242 g/mol. The van der Waals surface area contributed by atoms with Gasteiger partial charge in [-0.15, -0.1) is 0 Å². The molecule has 1 saturated carbocycles. The molecule has 2 rings (SSSR count). The molecule has 6 heteroatoms. The van der Waals surface area contributed by atoms with Crippen LogP contribution in [0.1, 0.15) is 37.9 Å². The second-order valence-electron chi connectivity index (χ2n) is 5.00. The van der Waals surface area contributed by atoms with Gasteiger partial charge in [0.2, 0.25) is 0 Å². The lowest BCUT2D eigenvalue weighted by molar-refractivity contribution is 0.178. The van der Waals surface area contributed by atoms with Crippen LogP contribution in [0.25, 0.3) is 0 Å². The monoisotopic (exact) mass is 265 g/mol. The van der Waals surface area contributed by atoms with Crippen LogP contribution in [0.3, 0.4) is 0 Å². The number of hydrogen-bond donors (Lipinski definition) is 3. The first kappa shape index (κ1) is 14.0. The number of methoxy groups -OCH3 is 1. The number of hydrogen-bond acceptors (Lipinski definition) is 6. The summed E-state index contributed by atoms with van der Waals surface area (Å²) < 4.78 is 5.05. The molecule has 0 radical (unpaired) electrons. The molecule has 0 aromatic carbocycles. The van der Waals surface area contributed by atoms with Gasteiger partial charge in [0.15, 0.2) is 5.82 Å². The Morgan fingerprint density at radius 2 is 2.05 bits per heavy atom. The van der Waals surface area contributed by atoms with Crippen molar-refractivity contribution in [2.24, 2.45) is 11.8 Å². The Hall–Kier alpha value is -1.40. The molecule has 6 nitrogen and oxygen atoms in total. The maximum Gasteiger partial charge on any atom is 0.158 e. The van der Waals surface area contributed by atoms with Gasteiger partial charge in [0, 0.05) is 19.7 Å². The normalized spacial score (nSPS) is 15.7. The fraction of sp³-hybridized carbons (Fsp3) is 0.692. The molecule has 1 aromatic rings. The van der Waals surface area contributed by atoms with Gasteiger partial charge in [0.25, 0.3) is 0 Å². The molecule has 0 spiro atoms. The Kier molecular flexibility index (Phi) is 5.35. The van der Waals surface area contributed by atoms with Crippen LogP contribution in [-0.4, -0.2) is 23.6 Å². The lowest BCUT2D eigenvalue weighted by atomic mass is 10.0. The van der Waals surface area contributed by atoms with Crippen LogP contribution in [-0.2, 0) is 11.3 Å². The zero-order valence-corrected chi connectivity index (χ0v) is 11.5. The van der Waals surface area contributed by atoms with Gasteiger partial charge in [-0.2, -0.15) is 0 Å². The van der Waals surface area contributed by atoms with E-state index in [9.17, 15) is 0 Å². The molecule has 19 heavy (non-hydrogen) atoms. The van der Waals surface area contributed by atoms with Crippen LogP contribution >= 0.6 is 0 Å². The molecule has 0 atom stereocenters. The van der Waals surface area contributed by atoms with E-state index in [-0.39, 0.29) is 0 Å². The van der Waals surface area contributed by atoms with Crippen LogP contribution in [0.2, 0.25) is 0 Å². The molecule has 0 aliphatic heterocycles. The van der Waals surface area contributed by atoms with Crippen molar-refractivity contribution in [2.75, 3.05) is 24.4 Å². The summed E-state index contributed by atoms with van der Waals surface area (Å²) in [4.78, 5) is 8.61. The fourth-order valence-electron chi connectivity index (χ4n) is 2.56. The predicted molar refractivity (Wildman–Crippen MR) is 75.6 cm³/mol. The minimum atomic E-state index is 0.382. The first-order valence-electron chi connectivity index (χ1n) is 6.89. The minimum Gasteiger partial charge on any atom is -0.377 e. The molecule has 106 valence electrons. The molecule has 0 amide bonds. The smallest absolute Gasteiger partial charge is 0.158 e. The number of rotatable bonds is 7. The van der Waals surface area contributed by atoms with Gasteiger partial charge >= 0.3 is 0 Å². The number of ether oxygens (including phenoxy) is 1. The van der Waals surface area contributed by atoms with Gasteiger partial charge in [-0.25, -0.2) is 15.8 Å². The number of nitrogens with two attached hydrogens (primary N) is 1. The third-order valence-corrected chi connectivity index (χ3v) is 3.53. The summed E-state index contributed by atoms with van der Waals surface area (Å²) in [6, 6.07) is 1.81. The highest BCUT2D eigenvalue weighted by Crippen LogP contribution is 2.27. The van der Waals surface area contributed by atoms with Gasteiger partial charge in [0.1, 0.15) is 18.2 Å². The van der Waals surface area contributed by atoms with E-state index in [2.05, 4.69) is 20.7 Å². The van der Waals surface area contributed by atoms with E-state index in [0.717, 1.165) is 18.3 Å². The highest BCUT2D eigenvalue weighted by molar-refractivity contribution is 5.46. The Bertz CT molecular complexity index is 393. The van der Waals surface area contributed by atoms with Crippen molar-refractivity contribution in [3.8, 4) is 0 Å². The van der Waals surface area contributed by atoms with Crippen molar-refractivity contribution in [3.63, 3.8) is 0 Å². The molecule has 1 aliphatic rings. The number of nitrogen functional groups attached to an aromatic ring is 1. The second-order valence-corrected chi connectivity index (χ2v) is 5.00. The highest BCUT2D eigenvalue weighted by Gasteiger charge is 2.14. The Morgan fingerprint density at radius 3 is 2.74 bits per heavy atom. The molecule has 1 aliphatic carbocycles. The van der Waals surface area contributed by atoms with Crippen molar-refractivity contribution in [2.45, 2.75) is 38.7 Å². The van der Waals surface area contributed by atoms with E-state index < -0.39 is 0 Å². The minimum absolute atomic E-state index is 0.382. The third kappa shape index (κ3) is 4.33. The average Bonchev–Trinajstić information content (AvgIpc) is 2.92. The fourth-order valence-corrected chi connectivity index (χ4v) is 2.56. The van der Waals surface area contributed by atoms with E-state index in [1.54, 1.807) is 7.11 Å². The zero-order chi connectivity index (χ0) is 13.5. The van der Waals surface area contributed by atoms with Crippen LogP contribution in [0, 0.1) is 5.92 Å². The summed E-state index contributed by atoms with van der Waals surface area (Å²) >= 11 is 0. The molecule has 0 bridgehead atoms. The number of aromatic nitrogens is 2. The molecule has 4 N–H and O–H groups in total. The molecule has 0 saturated heterocycles. The van der Waals surface area contributed by atoms with Gasteiger partial charge in [-0.3, -0.25) is 0 Å². The number of anilines is 2. The third-order valence-electron chi connectivity index (χ3n) is 3.53. The zero-order valence-electron chi connectivity index (χ0n) is 11.5. The SMILES string of the molecule is COCc1nc(NN)cc(NCCC2CCCC2)n1. The summed E-state index contributed by atoms with van der Waals surface area (Å²) in [5.41, 5.74) is 2.55. The number of nitrogens with zero attached hydrogens (tertiary/aromatic N) is 2. The second kappa shape index (κ2) is 7.25. The Labute approximate surface area is 114 Å². The molecule has 0 unspecified atom stereocenters. The van der Waals surface area contributed by atoms with Gasteiger partial charge in [-0.05, 0) is 12.3 Å². The number of hydrazine groups is 1. The van der Waals surface area contributed by atoms with Gasteiger partial charge in [0.05, 0.1) is 0 Å². The lowest BCUT2D eigenvalue weighted by Crippen LogP contribution is -2.13. The van der Waals surface area contributed by atoms with Crippen LogP contribution in [0.5, 0.6) is 0 Å². The van der Waals surface area contributed by atoms with Crippen molar-refractivity contribution in [3.05, 3.63) is 11.9 Å². The molecule has 1 aromatic heterocycles. The summed E-state index contributed by atoms with van der Waals surface area (Å²) in [5, 5.41) is 3.34. The lowest BCUT2D eigenvalue weighted by Gasteiger charge is -2.12. The Morgan fingerprint density at radius 1 is 1.32 bits per heavy atom. The van der Waals surface area contributed by atoms with Gasteiger partial charge < -0.3 is 15.5 Å². The van der Waals surface area contributed by atoms with Gasteiger partial charge in [-0.1, -0.05) is 25.7 Å². The van der Waals surface area contributed by atoms with Crippen molar-refractivity contribution in [1.82, 2.24) is 9.97 Å². The quantitative estimate of drug-likeness (QED) is 0.516. The van der Waals surface area contributed by atoms with E-state index in [0.29, 0.717) is 18.2 Å². The largest absolute Gasteiger partial charge is 0.377 e. The first-order valence-corrected chi connectivity index (χ1v) is 6.89. The standard InChI is InChI=1S/C13H23N5O/c1-19-9-13-16-11(8-12(17-13)18-14)15-7-6-10-4-2-3-5-10/h8,10H,2-7,9,14H2,1H3,(H2,15,16,17,18). The Balaban J connectivity index is 1.88. The van der Waals surface area contributed by atoms with Crippen molar-refractivity contribution >= 4 is 11.6 Å². The highest BCUT2D eigenvalue weighted by atomic mass is 16.5. The molecular formula is C13H23N5O. The van der Waals surface area contributed by atoms with Crippen molar-refractivity contribution < 1.29 is 4.74 Å². The maximum atomic E-state index is 5.40. The van der Waals surface area contributed by atoms with E-state index >= 15 is 0 Å². The summed E-state index contributed by atoms with van der Waals surface area (Å²) in [6.45, 7) is 1.32. The molecule has 1 heterocycles.